The van der Waals surface area contributed by atoms with Crippen LogP contribution in [0.2, 0.25) is 0 Å². The van der Waals surface area contributed by atoms with E-state index in [-0.39, 0.29) is 6.71 Å². The highest BCUT2D eigenvalue weighted by atomic mass is 15.0. The van der Waals surface area contributed by atoms with Crippen LogP contribution in [-0.2, 0) is 0 Å². The van der Waals surface area contributed by atoms with Gasteiger partial charge in [-0.1, -0.05) is 78.9 Å². The summed E-state index contributed by atoms with van der Waals surface area (Å²) in [6.07, 6.45) is 0. The summed E-state index contributed by atoms with van der Waals surface area (Å²) in [6.45, 7) is 0.182. The van der Waals surface area contributed by atoms with Crippen LogP contribution in [0.5, 0.6) is 0 Å². The predicted octanol–water partition coefficient (Wildman–Crippen LogP) is 4.62. The second-order valence-electron chi connectivity index (χ2n) is 9.19. The van der Waals surface area contributed by atoms with E-state index in [9.17, 15) is 0 Å². The van der Waals surface area contributed by atoms with Crippen LogP contribution >= 0.6 is 0 Å². The molecule has 0 N–H and O–H groups in total. The smallest absolute Gasteiger partial charge is 0.253 e. The molecule has 33 heavy (non-hydrogen) atoms. The highest BCUT2D eigenvalue weighted by Gasteiger charge is 2.40. The number of aromatic nitrogens is 2. The molecule has 0 amide bonds. The number of fused-ring (bicyclic) bond motifs is 10. The van der Waals surface area contributed by atoms with E-state index in [0.29, 0.717) is 0 Å². The fourth-order valence-corrected chi connectivity index (χ4v) is 6.60. The molecule has 0 fully saturated rings. The first-order valence-electron chi connectivity index (χ1n) is 11.4. The highest BCUT2D eigenvalue weighted by molar-refractivity contribution is 7.00. The molecule has 0 spiro atoms. The molecule has 5 aromatic carbocycles. The highest BCUT2D eigenvalue weighted by Crippen LogP contribution is 2.37. The lowest BCUT2D eigenvalue weighted by Gasteiger charge is -2.32. The average molecular weight is 414 g/mol. The summed E-state index contributed by atoms with van der Waals surface area (Å²) in [4.78, 5) is 0. The molecule has 0 atom stereocenters. The molecule has 3 heteroatoms. The topological polar surface area (TPSA) is 9.86 Å². The van der Waals surface area contributed by atoms with Crippen LogP contribution in [0.1, 0.15) is 0 Å². The largest absolute Gasteiger partial charge is 0.310 e. The van der Waals surface area contributed by atoms with Crippen molar-refractivity contribution in [2.24, 2.45) is 0 Å². The number of nitrogens with zero attached hydrogens (tertiary/aromatic N) is 2. The summed E-state index contributed by atoms with van der Waals surface area (Å²) < 4.78 is 4.87. The molecule has 2 nitrogen and oxygen atoms in total. The molecule has 7 aromatic rings. The number of benzene rings is 4. The molecule has 2 aliphatic rings. The monoisotopic (exact) mass is 414 g/mol. The van der Waals surface area contributed by atoms with Crippen molar-refractivity contribution in [3.05, 3.63) is 103 Å². The lowest BCUT2D eigenvalue weighted by Crippen LogP contribution is -2.59. The number of hydrogen-bond donors (Lipinski definition) is 0. The third-order valence-electron chi connectivity index (χ3n) is 7.76. The van der Waals surface area contributed by atoms with Gasteiger partial charge in [-0.25, -0.2) is 0 Å². The molecule has 9 rings (SSSR count). The Morgan fingerprint density at radius 1 is 0.576 bits per heavy atom. The van der Waals surface area contributed by atoms with E-state index in [4.69, 9.17) is 0 Å². The molecule has 2 aliphatic heterocycles. The predicted molar refractivity (Wildman–Crippen MR) is 137 cm³/mol. The Balaban J connectivity index is 1.59. The maximum absolute atomic E-state index is 3.53. The second kappa shape index (κ2) is 5.31. The number of rotatable bonds is 0. The SMILES string of the molecule is c1cc2c3c(c#1)-n1c4ccccc4c4cccc(c41)B3c1cccc3c4ccccc4n-2c13. The van der Waals surface area contributed by atoms with E-state index in [0.717, 1.165) is 5.69 Å². The van der Waals surface area contributed by atoms with Crippen LogP contribution in [-0.4, -0.2) is 15.8 Å². The van der Waals surface area contributed by atoms with Crippen molar-refractivity contribution in [1.82, 2.24) is 9.13 Å². The minimum atomic E-state index is 0.182. The van der Waals surface area contributed by atoms with E-state index in [1.165, 1.54) is 65.7 Å². The molecule has 2 aromatic heterocycles. The lowest BCUT2D eigenvalue weighted by molar-refractivity contribution is 1.15. The van der Waals surface area contributed by atoms with Gasteiger partial charge in [0.15, 0.2) is 0 Å². The first kappa shape index (κ1) is 16.3. The summed E-state index contributed by atoms with van der Waals surface area (Å²) in [7, 11) is 0. The van der Waals surface area contributed by atoms with Gasteiger partial charge in [-0.3, -0.25) is 0 Å². The summed E-state index contributed by atoms with van der Waals surface area (Å²) in [5, 5.41) is 5.23. The van der Waals surface area contributed by atoms with Crippen LogP contribution in [0.3, 0.4) is 0 Å². The summed E-state index contributed by atoms with van der Waals surface area (Å²) in [6, 6.07) is 40.2. The van der Waals surface area contributed by atoms with E-state index in [2.05, 4.69) is 112 Å². The van der Waals surface area contributed by atoms with Gasteiger partial charge < -0.3 is 9.13 Å². The van der Waals surface area contributed by atoms with Gasteiger partial charge in [0.1, 0.15) is 0 Å². The van der Waals surface area contributed by atoms with E-state index >= 15 is 0 Å². The molecule has 0 saturated heterocycles. The molecule has 0 aliphatic carbocycles. The third-order valence-corrected chi connectivity index (χ3v) is 7.76. The van der Waals surface area contributed by atoms with Gasteiger partial charge in [-0.15, -0.1) is 0 Å². The van der Waals surface area contributed by atoms with E-state index in [1.807, 2.05) is 0 Å². The Morgan fingerprint density at radius 2 is 1.15 bits per heavy atom. The zero-order valence-corrected chi connectivity index (χ0v) is 17.6. The van der Waals surface area contributed by atoms with Crippen LogP contribution in [0.15, 0.2) is 91.0 Å². The maximum atomic E-state index is 3.53. The van der Waals surface area contributed by atoms with Crippen molar-refractivity contribution in [1.29, 1.82) is 0 Å². The van der Waals surface area contributed by atoms with Crippen molar-refractivity contribution in [2.45, 2.75) is 0 Å². The Morgan fingerprint density at radius 3 is 1.85 bits per heavy atom. The molecule has 0 unspecified atom stereocenters. The van der Waals surface area contributed by atoms with Gasteiger partial charge in [-0.05, 0) is 34.6 Å². The average Bonchev–Trinajstić information content (AvgIpc) is 3.39. The summed E-state index contributed by atoms with van der Waals surface area (Å²) in [5.74, 6) is 0. The minimum absolute atomic E-state index is 0.182. The summed E-state index contributed by atoms with van der Waals surface area (Å²) in [5.41, 5.74) is 11.5. The van der Waals surface area contributed by atoms with Crippen molar-refractivity contribution in [3.8, 4) is 11.4 Å². The Kier molecular flexibility index (Phi) is 2.62. The van der Waals surface area contributed by atoms with Crippen molar-refractivity contribution in [2.75, 3.05) is 0 Å². The van der Waals surface area contributed by atoms with Crippen molar-refractivity contribution >= 4 is 66.7 Å². The zero-order chi connectivity index (χ0) is 21.3. The quantitative estimate of drug-likeness (QED) is 0.321. The normalized spacial score (nSPS) is 13.2. The van der Waals surface area contributed by atoms with Crippen molar-refractivity contribution in [3.63, 3.8) is 0 Å². The first-order valence-corrected chi connectivity index (χ1v) is 11.4. The zero-order valence-electron chi connectivity index (χ0n) is 17.6. The van der Waals surface area contributed by atoms with Gasteiger partial charge in [0.25, 0.3) is 6.71 Å². The van der Waals surface area contributed by atoms with Gasteiger partial charge >= 0.3 is 0 Å². The van der Waals surface area contributed by atoms with Gasteiger partial charge in [0.05, 0.1) is 22.4 Å². The van der Waals surface area contributed by atoms with E-state index < -0.39 is 0 Å². The van der Waals surface area contributed by atoms with Crippen molar-refractivity contribution < 1.29 is 0 Å². The van der Waals surface area contributed by atoms with Crippen LogP contribution in [0.4, 0.5) is 0 Å². The fourth-order valence-electron chi connectivity index (χ4n) is 6.60. The molecular weight excluding hydrogens is 399 g/mol. The van der Waals surface area contributed by atoms with Crippen LogP contribution < -0.4 is 16.4 Å². The molecule has 4 heterocycles. The first-order chi connectivity index (χ1) is 16.4. The Bertz CT molecular complexity index is 1850. The Labute approximate surface area is 190 Å². The summed E-state index contributed by atoms with van der Waals surface area (Å²) >= 11 is 0. The molecule has 0 radical (unpaired) electrons. The lowest BCUT2D eigenvalue weighted by atomic mass is 9.34. The molecule has 0 bridgehead atoms. The van der Waals surface area contributed by atoms with Crippen LogP contribution in [0, 0.1) is 12.1 Å². The van der Waals surface area contributed by atoms with Gasteiger partial charge in [0, 0.05) is 38.6 Å². The fraction of sp³-hybridized carbons (Fsp3) is 0. The van der Waals surface area contributed by atoms with E-state index in [1.54, 1.807) is 0 Å². The second-order valence-corrected chi connectivity index (χ2v) is 9.19. The molecule has 148 valence electrons. The standard InChI is InChI=1S/C30H15BN2/c1-3-14-24-18(8-1)20-10-5-12-22-29(20)32(24)26-16-7-17-27-28(26)31(22)23-13-6-11-21-19-9-2-4-15-25(19)33(27)30(21)23/h1-6,8-16H. The van der Waals surface area contributed by atoms with Crippen LogP contribution in [0.25, 0.3) is 55.0 Å². The number of hydrogen-bond acceptors (Lipinski definition) is 0. The third kappa shape index (κ3) is 1.68. The maximum Gasteiger partial charge on any atom is 0.253 e. The molecule has 0 saturated carbocycles. The minimum Gasteiger partial charge on any atom is -0.310 e. The number of para-hydroxylation sites is 4. The molecular formula is C30H15BN2. The van der Waals surface area contributed by atoms with Gasteiger partial charge in [0.2, 0.25) is 0 Å². The Hall–Kier alpha value is -4.42. The van der Waals surface area contributed by atoms with Gasteiger partial charge in [-0.2, -0.15) is 0 Å².